The Kier molecular flexibility index (Phi) is 8.10. The SMILES string of the molecule is CCCCCNC(=S)NCC(C)C. The molecule has 13 heavy (non-hydrogen) atoms. The van der Waals surface area contributed by atoms with Crippen LogP contribution < -0.4 is 10.6 Å². The Hall–Kier alpha value is -0.310. The van der Waals surface area contributed by atoms with Crippen molar-refractivity contribution in [1.82, 2.24) is 10.6 Å². The van der Waals surface area contributed by atoms with Crippen molar-refractivity contribution in [3.05, 3.63) is 0 Å². The third-order valence-electron chi connectivity index (χ3n) is 1.74. The summed E-state index contributed by atoms with van der Waals surface area (Å²) in [6.45, 7) is 8.51. The first-order chi connectivity index (χ1) is 6.16. The second kappa shape index (κ2) is 8.30. The molecule has 0 aromatic rings. The molecule has 0 radical (unpaired) electrons. The molecule has 0 aliphatic heterocycles. The lowest BCUT2D eigenvalue weighted by molar-refractivity contribution is 0.615. The fourth-order valence-electron chi connectivity index (χ4n) is 0.936. The van der Waals surface area contributed by atoms with Crippen LogP contribution in [0.5, 0.6) is 0 Å². The molecule has 0 atom stereocenters. The van der Waals surface area contributed by atoms with Crippen LogP contribution in [-0.4, -0.2) is 18.2 Å². The summed E-state index contributed by atoms with van der Waals surface area (Å²) in [5.41, 5.74) is 0. The van der Waals surface area contributed by atoms with E-state index in [1.54, 1.807) is 0 Å². The van der Waals surface area contributed by atoms with Gasteiger partial charge in [0.05, 0.1) is 0 Å². The lowest BCUT2D eigenvalue weighted by Crippen LogP contribution is -2.37. The van der Waals surface area contributed by atoms with Crippen LogP contribution >= 0.6 is 12.2 Å². The first kappa shape index (κ1) is 12.7. The van der Waals surface area contributed by atoms with Gasteiger partial charge in [-0.3, -0.25) is 0 Å². The molecule has 0 amide bonds. The van der Waals surface area contributed by atoms with Gasteiger partial charge in [0.15, 0.2) is 5.11 Å². The number of rotatable bonds is 6. The van der Waals surface area contributed by atoms with Gasteiger partial charge < -0.3 is 10.6 Å². The maximum Gasteiger partial charge on any atom is 0.166 e. The molecule has 0 fully saturated rings. The van der Waals surface area contributed by atoms with Gasteiger partial charge >= 0.3 is 0 Å². The number of nitrogens with one attached hydrogen (secondary N) is 2. The van der Waals surface area contributed by atoms with Gasteiger partial charge in [-0.1, -0.05) is 33.6 Å². The molecule has 0 aromatic heterocycles. The molecule has 3 heteroatoms. The zero-order chi connectivity index (χ0) is 10.1. The van der Waals surface area contributed by atoms with E-state index in [9.17, 15) is 0 Å². The van der Waals surface area contributed by atoms with Gasteiger partial charge in [0.25, 0.3) is 0 Å². The fraction of sp³-hybridized carbons (Fsp3) is 0.900. The Morgan fingerprint density at radius 1 is 1.23 bits per heavy atom. The topological polar surface area (TPSA) is 24.1 Å². The predicted molar refractivity (Wildman–Crippen MR) is 63.0 cm³/mol. The minimum atomic E-state index is 0.649. The molecule has 2 N–H and O–H groups in total. The van der Waals surface area contributed by atoms with Gasteiger partial charge in [-0.2, -0.15) is 0 Å². The van der Waals surface area contributed by atoms with Crippen LogP contribution in [0.1, 0.15) is 40.0 Å². The third kappa shape index (κ3) is 9.61. The molecule has 0 spiro atoms. The average molecular weight is 202 g/mol. The molecule has 2 nitrogen and oxygen atoms in total. The maximum atomic E-state index is 5.10. The van der Waals surface area contributed by atoms with Crippen molar-refractivity contribution in [1.29, 1.82) is 0 Å². The van der Waals surface area contributed by atoms with E-state index in [2.05, 4.69) is 31.4 Å². The van der Waals surface area contributed by atoms with Crippen LogP contribution in [0, 0.1) is 5.92 Å². The summed E-state index contributed by atoms with van der Waals surface area (Å²) in [5, 5.41) is 7.17. The van der Waals surface area contributed by atoms with Crippen molar-refractivity contribution in [3.63, 3.8) is 0 Å². The van der Waals surface area contributed by atoms with E-state index in [4.69, 9.17) is 12.2 Å². The van der Waals surface area contributed by atoms with E-state index in [0.29, 0.717) is 5.92 Å². The standard InChI is InChI=1S/C10H22N2S/c1-4-5-6-7-11-10(13)12-8-9(2)3/h9H,4-8H2,1-3H3,(H2,11,12,13). The quantitative estimate of drug-likeness (QED) is 0.510. The van der Waals surface area contributed by atoms with E-state index in [1.165, 1.54) is 19.3 Å². The predicted octanol–water partition coefficient (Wildman–Crippen LogP) is 2.30. The van der Waals surface area contributed by atoms with Crippen LogP contribution in [0.3, 0.4) is 0 Å². The first-order valence-electron chi connectivity index (χ1n) is 5.18. The van der Waals surface area contributed by atoms with E-state index in [0.717, 1.165) is 18.2 Å². The van der Waals surface area contributed by atoms with Crippen LogP contribution in [0.25, 0.3) is 0 Å². The zero-order valence-electron chi connectivity index (χ0n) is 9.02. The molecule has 78 valence electrons. The molecule has 0 saturated carbocycles. The minimum absolute atomic E-state index is 0.649. The Morgan fingerprint density at radius 2 is 1.92 bits per heavy atom. The molecule has 0 saturated heterocycles. The van der Waals surface area contributed by atoms with Crippen LogP contribution in [-0.2, 0) is 0 Å². The normalized spacial score (nSPS) is 10.2. The van der Waals surface area contributed by atoms with Crippen molar-refractivity contribution in [2.75, 3.05) is 13.1 Å². The highest BCUT2D eigenvalue weighted by atomic mass is 32.1. The number of hydrogen-bond donors (Lipinski definition) is 2. The summed E-state index contributed by atoms with van der Waals surface area (Å²) in [5.74, 6) is 0.649. The summed E-state index contributed by atoms with van der Waals surface area (Å²) in [6, 6.07) is 0. The highest BCUT2D eigenvalue weighted by molar-refractivity contribution is 7.80. The largest absolute Gasteiger partial charge is 0.363 e. The Bertz CT molecular complexity index is 135. The molecule has 0 unspecified atom stereocenters. The molecule has 0 bridgehead atoms. The van der Waals surface area contributed by atoms with Crippen LogP contribution in [0.15, 0.2) is 0 Å². The number of hydrogen-bond acceptors (Lipinski definition) is 1. The van der Waals surface area contributed by atoms with Gasteiger partial charge in [-0.15, -0.1) is 0 Å². The van der Waals surface area contributed by atoms with Gasteiger partial charge in [-0.05, 0) is 24.6 Å². The maximum absolute atomic E-state index is 5.10. The summed E-state index contributed by atoms with van der Waals surface area (Å²) >= 11 is 5.10. The lowest BCUT2D eigenvalue weighted by atomic mass is 10.2. The molecule has 0 aliphatic carbocycles. The second-order valence-electron chi connectivity index (χ2n) is 3.74. The average Bonchev–Trinajstić information content (AvgIpc) is 2.09. The van der Waals surface area contributed by atoms with E-state index < -0.39 is 0 Å². The minimum Gasteiger partial charge on any atom is -0.363 e. The fourth-order valence-corrected chi connectivity index (χ4v) is 1.12. The monoisotopic (exact) mass is 202 g/mol. The van der Waals surface area contributed by atoms with Gasteiger partial charge in [0.1, 0.15) is 0 Å². The van der Waals surface area contributed by atoms with Crippen LogP contribution in [0.2, 0.25) is 0 Å². The highest BCUT2D eigenvalue weighted by Gasteiger charge is 1.96. The van der Waals surface area contributed by atoms with E-state index >= 15 is 0 Å². The lowest BCUT2D eigenvalue weighted by Gasteiger charge is -2.11. The van der Waals surface area contributed by atoms with Crippen LogP contribution in [0.4, 0.5) is 0 Å². The molecular weight excluding hydrogens is 180 g/mol. The summed E-state index contributed by atoms with van der Waals surface area (Å²) in [6.07, 6.45) is 3.74. The van der Waals surface area contributed by atoms with Crippen molar-refractivity contribution in [2.45, 2.75) is 40.0 Å². The Morgan fingerprint density at radius 3 is 2.46 bits per heavy atom. The molecule has 0 aliphatic rings. The smallest absolute Gasteiger partial charge is 0.166 e. The van der Waals surface area contributed by atoms with E-state index in [-0.39, 0.29) is 0 Å². The molecular formula is C10H22N2S. The highest BCUT2D eigenvalue weighted by Crippen LogP contribution is 1.91. The first-order valence-corrected chi connectivity index (χ1v) is 5.59. The molecule has 0 rings (SSSR count). The number of unbranched alkanes of at least 4 members (excludes halogenated alkanes) is 2. The summed E-state index contributed by atoms with van der Waals surface area (Å²) < 4.78 is 0. The van der Waals surface area contributed by atoms with E-state index in [1.807, 2.05) is 0 Å². The molecule has 0 heterocycles. The van der Waals surface area contributed by atoms with Crippen molar-refractivity contribution in [3.8, 4) is 0 Å². The third-order valence-corrected chi connectivity index (χ3v) is 2.03. The van der Waals surface area contributed by atoms with Gasteiger partial charge in [-0.25, -0.2) is 0 Å². The van der Waals surface area contributed by atoms with Gasteiger partial charge in [0.2, 0.25) is 0 Å². The molecule has 0 aromatic carbocycles. The second-order valence-corrected chi connectivity index (χ2v) is 4.15. The summed E-state index contributed by atoms with van der Waals surface area (Å²) in [7, 11) is 0. The summed E-state index contributed by atoms with van der Waals surface area (Å²) in [4.78, 5) is 0. The zero-order valence-corrected chi connectivity index (χ0v) is 9.84. The van der Waals surface area contributed by atoms with Crippen molar-refractivity contribution < 1.29 is 0 Å². The van der Waals surface area contributed by atoms with Crippen molar-refractivity contribution >= 4 is 17.3 Å². The Balaban J connectivity index is 3.20. The number of thiocarbonyl (C=S) groups is 1. The van der Waals surface area contributed by atoms with Crippen molar-refractivity contribution in [2.24, 2.45) is 5.92 Å². The van der Waals surface area contributed by atoms with Gasteiger partial charge in [0, 0.05) is 13.1 Å². The Labute approximate surface area is 87.5 Å².